The van der Waals surface area contributed by atoms with Crippen molar-refractivity contribution in [2.24, 2.45) is 0 Å². The molecule has 0 radical (unpaired) electrons. The number of hydrogen-bond acceptors (Lipinski definition) is 2. The van der Waals surface area contributed by atoms with E-state index in [1.54, 1.807) is 0 Å². The number of aromatic nitrogens is 2. The molecule has 0 aliphatic heterocycles. The maximum Gasteiger partial charge on any atom is 0.215 e. The minimum absolute atomic E-state index is 0.0677. The number of ketones is 1. The SMILES string of the molecule is CC(C)n1ncc(Br)c1C(=O)c1cccc(F)c1F. The molecule has 3 nitrogen and oxygen atoms in total. The smallest absolute Gasteiger partial charge is 0.215 e. The van der Waals surface area contributed by atoms with Gasteiger partial charge in [0.2, 0.25) is 5.78 Å². The summed E-state index contributed by atoms with van der Waals surface area (Å²) in [5, 5.41) is 4.05. The van der Waals surface area contributed by atoms with E-state index < -0.39 is 17.4 Å². The second kappa shape index (κ2) is 5.21. The van der Waals surface area contributed by atoms with Crippen molar-refractivity contribution < 1.29 is 13.6 Å². The Balaban J connectivity index is 2.56. The van der Waals surface area contributed by atoms with Crippen molar-refractivity contribution in [3.05, 3.63) is 51.8 Å². The Kier molecular flexibility index (Phi) is 3.80. The van der Waals surface area contributed by atoms with Crippen LogP contribution in [0.15, 0.2) is 28.9 Å². The molecule has 2 rings (SSSR count). The molecule has 0 aliphatic carbocycles. The van der Waals surface area contributed by atoms with Crippen LogP contribution in [0.3, 0.4) is 0 Å². The van der Waals surface area contributed by atoms with Crippen molar-refractivity contribution in [2.75, 3.05) is 0 Å². The summed E-state index contributed by atoms with van der Waals surface area (Å²) < 4.78 is 28.8. The predicted octanol–water partition coefficient (Wildman–Crippen LogP) is 3.74. The number of carbonyl (C=O) groups excluding carboxylic acids is 1. The van der Waals surface area contributed by atoms with Crippen molar-refractivity contribution in [1.29, 1.82) is 0 Å². The van der Waals surface area contributed by atoms with Crippen LogP contribution in [0, 0.1) is 11.6 Å². The van der Waals surface area contributed by atoms with E-state index >= 15 is 0 Å². The molecule has 0 N–H and O–H groups in total. The summed E-state index contributed by atoms with van der Waals surface area (Å²) in [6.45, 7) is 3.69. The quantitative estimate of drug-likeness (QED) is 0.804. The van der Waals surface area contributed by atoms with Crippen molar-refractivity contribution in [3.8, 4) is 0 Å². The largest absolute Gasteiger partial charge is 0.287 e. The lowest BCUT2D eigenvalue weighted by atomic mass is 10.1. The van der Waals surface area contributed by atoms with Gasteiger partial charge in [-0.15, -0.1) is 0 Å². The Morgan fingerprint density at radius 2 is 2.05 bits per heavy atom. The Labute approximate surface area is 117 Å². The maximum absolute atomic E-state index is 13.7. The first kappa shape index (κ1) is 13.9. The van der Waals surface area contributed by atoms with E-state index in [1.165, 1.54) is 23.0 Å². The molecular weight excluding hydrogens is 318 g/mol. The number of carbonyl (C=O) groups is 1. The summed E-state index contributed by atoms with van der Waals surface area (Å²) in [4.78, 5) is 12.3. The molecule has 1 aromatic carbocycles. The second-order valence-corrected chi connectivity index (χ2v) is 5.16. The molecule has 19 heavy (non-hydrogen) atoms. The number of hydrogen-bond donors (Lipinski definition) is 0. The topological polar surface area (TPSA) is 34.9 Å². The summed E-state index contributed by atoms with van der Waals surface area (Å²) >= 11 is 3.21. The summed E-state index contributed by atoms with van der Waals surface area (Å²) in [6.07, 6.45) is 1.46. The molecule has 0 saturated heterocycles. The number of nitrogens with zero attached hydrogens (tertiary/aromatic N) is 2. The predicted molar refractivity (Wildman–Crippen MR) is 70.1 cm³/mol. The van der Waals surface area contributed by atoms with Gasteiger partial charge in [-0.2, -0.15) is 5.10 Å². The lowest BCUT2D eigenvalue weighted by Crippen LogP contribution is -2.15. The summed E-state index contributed by atoms with van der Waals surface area (Å²) in [5.41, 5.74) is -0.0948. The van der Waals surface area contributed by atoms with Crippen LogP contribution in [0.5, 0.6) is 0 Å². The van der Waals surface area contributed by atoms with E-state index in [0.717, 1.165) is 6.07 Å². The Hall–Kier alpha value is -1.56. The molecule has 0 spiro atoms. The standard InChI is InChI=1S/C13H11BrF2N2O/c1-7(2)18-12(9(14)6-17-18)13(19)8-4-3-5-10(15)11(8)16/h3-7H,1-2H3. The molecule has 6 heteroatoms. The Morgan fingerprint density at radius 1 is 1.37 bits per heavy atom. The summed E-state index contributed by atoms with van der Waals surface area (Å²) in [7, 11) is 0. The van der Waals surface area contributed by atoms with E-state index in [1.807, 2.05) is 13.8 Å². The molecule has 1 heterocycles. The van der Waals surface area contributed by atoms with Crippen molar-refractivity contribution in [2.45, 2.75) is 19.9 Å². The van der Waals surface area contributed by atoms with Gasteiger partial charge in [-0.05, 0) is 41.9 Å². The molecule has 0 amide bonds. The molecule has 0 saturated carbocycles. The van der Waals surface area contributed by atoms with Crippen LogP contribution >= 0.6 is 15.9 Å². The second-order valence-electron chi connectivity index (χ2n) is 4.31. The van der Waals surface area contributed by atoms with Gasteiger partial charge in [-0.3, -0.25) is 9.48 Å². The molecule has 1 aromatic heterocycles. The zero-order chi connectivity index (χ0) is 14.2. The third-order valence-electron chi connectivity index (χ3n) is 2.65. The third kappa shape index (κ3) is 2.45. The first-order valence-electron chi connectivity index (χ1n) is 5.65. The molecule has 0 aliphatic rings. The van der Waals surface area contributed by atoms with Gasteiger partial charge < -0.3 is 0 Å². The average molecular weight is 329 g/mol. The van der Waals surface area contributed by atoms with E-state index in [9.17, 15) is 13.6 Å². The minimum Gasteiger partial charge on any atom is -0.287 e. The van der Waals surface area contributed by atoms with Gasteiger partial charge in [-0.1, -0.05) is 6.07 Å². The summed E-state index contributed by atoms with van der Waals surface area (Å²) in [6, 6.07) is 3.46. The molecule has 0 fully saturated rings. The fourth-order valence-corrected chi connectivity index (χ4v) is 2.21. The van der Waals surface area contributed by atoms with Crippen LogP contribution in [0.4, 0.5) is 8.78 Å². The number of halogens is 3. The van der Waals surface area contributed by atoms with Crippen LogP contribution in [-0.4, -0.2) is 15.6 Å². The first-order valence-corrected chi connectivity index (χ1v) is 6.44. The van der Waals surface area contributed by atoms with Gasteiger partial charge in [-0.25, -0.2) is 8.78 Å². The highest BCUT2D eigenvalue weighted by Gasteiger charge is 2.24. The van der Waals surface area contributed by atoms with Crippen molar-refractivity contribution in [3.63, 3.8) is 0 Å². The summed E-state index contributed by atoms with van der Waals surface area (Å²) in [5.74, 6) is -2.79. The highest BCUT2D eigenvalue weighted by molar-refractivity contribution is 9.10. The first-order chi connectivity index (χ1) is 8.93. The van der Waals surface area contributed by atoms with E-state index in [0.29, 0.717) is 4.47 Å². The van der Waals surface area contributed by atoms with Crippen molar-refractivity contribution >= 4 is 21.7 Å². The van der Waals surface area contributed by atoms with Gasteiger partial charge in [0.25, 0.3) is 0 Å². The van der Waals surface area contributed by atoms with Gasteiger partial charge >= 0.3 is 0 Å². The van der Waals surface area contributed by atoms with Crippen LogP contribution < -0.4 is 0 Å². The van der Waals surface area contributed by atoms with Gasteiger partial charge in [0.05, 0.1) is 16.2 Å². The Bertz CT molecular complexity index is 638. The monoisotopic (exact) mass is 328 g/mol. The molecule has 2 aromatic rings. The molecule has 0 atom stereocenters. The highest BCUT2D eigenvalue weighted by Crippen LogP contribution is 2.24. The van der Waals surface area contributed by atoms with E-state index in [4.69, 9.17) is 0 Å². The molecular formula is C13H11BrF2N2O. The fourth-order valence-electron chi connectivity index (χ4n) is 1.75. The zero-order valence-corrected chi connectivity index (χ0v) is 11.9. The fraction of sp³-hybridized carbons (Fsp3) is 0.231. The molecule has 100 valence electrons. The van der Waals surface area contributed by atoms with Gasteiger partial charge in [0.1, 0.15) is 5.69 Å². The van der Waals surface area contributed by atoms with Crippen LogP contribution in [0.1, 0.15) is 35.9 Å². The lowest BCUT2D eigenvalue weighted by molar-refractivity contribution is 0.102. The molecule has 0 bridgehead atoms. The normalized spacial score (nSPS) is 11.1. The van der Waals surface area contributed by atoms with Gasteiger partial charge in [0, 0.05) is 6.04 Å². The van der Waals surface area contributed by atoms with E-state index in [-0.39, 0.29) is 17.3 Å². The third-order valence-corrected chi connectivity index (χ3v) is 3.23. The number of benzene rings is 1. The molecule has 0 unspecified atom stereocenters. The lowest BCUT2D eigenvalue weighted by Gasteiger charge is -2.11. The highest BCUT2D eigenvalue weighted by atomic mass is 79.9. The maximum atomic E-state index is 13.7. The van der Waals surface area contributed by atoms with E-state index in [2.05, 4.69) is 21.0 Å². The van der Waals surface area contributed by atoms with Crippen LogP contribution in [-0.2, 0) is 0 Å². The Morgan fingerprint density at radius 3 is 2.68 bits per heavy atom. The zero-order valence-electron chi connectivity index (χ0n) is 10.3. The average Bonchev–Trinajstić information content (AvgIpc) is 2.74. The minimum atomic E-state index is -1.14. The van der Waals surface area contributed by atoms with Crippen molar-refractivity contribution in [1.82, 2.24) is 9.78 Å². The van der Waals surface area contributed by atoms with Gasteiger partial charge in [0.15, 0.2) is 11.6 Å². The number of rotatable bonds is 3. The van der Waals surface area contributed by atoms with Crippen LogP contribution in [0.25, 0.3) is 0 Å². The van der Waals surface area contributed by atoms with Crippen LogP contribution in [0.2, 0.25) is 0 Å².